The van der Waals surface area contributed by atoms with E-state index >= 15 is 0 Å². The second kappa shape index (κ2) is 6.22. The third-order valence-corrected chi connectivity index (χ3v) is 3.87. The monoisotopic (exact) mass is 314 g/mol. The van der Waals surface area contributed by atoms with Crippen LogP contribution in [0.4, 0.5) is 11.6 Å². The summed E-state index contributed by atoms with van der Waals surface area (Å²) >= 11 is 5.91. The number of morpholine rings is 1. The summed E-state index contributed by atoms with van der Waals surface area (Å²) in [5.41, 5.74) is 8.25. The molecule has 2 aromatic rings. The Morgan fingerprint density at radius 2 is 1.91 bits per heavy atom. The van der Waals surface area contributed by atoms with E-state index in [1.807, 2.05) is 17.0 Å². The number of anilines is 2. The summed E-state index contributed by atoms with van der Waals surface area (Å²) in [7, 11) is 0. The second-order valence-corrected chi connectivity index (χ2v) is 5.45. The van der Waals surface area contributed by atoms with Crippen LogP contribution in [0.1, 0.15) is 5.56 Å². The number of halogens is 1. The van der Waals surface area contributed by atoms with Crippen molar-refractivity contribution < 1.29 is 4.74 Å². The summed E-state index contributed by atoms with van der Waals surface area (Å²) < 4.78 is 5.33. The van der Waals surface area contributed by atoms with Crippen molar-refractivity contribution in [1.29, 1.82) is 5.26 Å². The normalized spacial score (nSPS) is 14.6. The number of rotatable bonds is 2. The van der Waals surface area contributed by atoms with Gasteiger partial charge in [-0.1, -0.05) is 23.7 Å². The van der Waals surface area contributed by atoms with Gasteiger partial charge in [0.25, 0.3) is 0 Å². The van der Waals surface area contributed by atoms with E-state index in [0.29, 0.717) is 48.5 Å². The molecule has 112 valence electrons. The maximum atomic E-state index is 9.45. The molecule has 1 fully saturated rings. The molecule has 0 saturated carbocycles. The minimum absolute atomic E-state index is 0.405. The number of nitrogens with zero attached hydrogens (tertiary/aromatic N) is 3. The van der Waals surface area contributed by atoms with Gasteiger partial charge in [-0.05, 0) is 23.8 Å². The fourth-order valence-corrected chi connectivity index (χ4v) is 2.60. The molecule has 0 atom stereocenters. The maximum absolute atomic E-state index is 9.45. The van der Waals surface area contributed by atoms with E-state index < -0.39 is 0 Å². The van der Waals surface area contributed by atoms with Gasteiger partial charge in [0.15, 0.2) is 0 Å². The summed E-state index contributed by atoms with van der Waals surface area (Å²) in [6.07, 6.45) is 0. The van der Waals surface area contributed by atoms with E-state index in [1.165, 1.54) is 0 Å². The van der Waals surface area contributed by atoms with Crippen LogP contribution >= 0.6 is 11.6 Å². The van der Waals surface area contributed by atoms with Gasteiger partial charge >= 0.3 is 0 Å². The highest BCUT2D eigenvalue weighted by Gasteiger charge is 2.19. The van der Waals surface area contributed by atoms with Crippen molar-refractivity contribution in [3.05, 3.63) is 40.9 Å². The van der Waals surface area contributed by atoms with E-state index in [-0.39, 0.29) is 0 Å². The van der Waals surface area contributed by atoms with Crippen molar-refractivity contribution >= 4 is 23.2 Å². The molecule has 2 N–H and O–H groups in total. The third kappa shape index (κ3) is 2.84. The van der Waals surface area contributed by atoms with E-state index in [1.54, 1.807) is 18.2 Å². The van der Waals surface area contributed by atoms with Crippen LogP contribution in [0.15, 0.2) is 30.3 Å². The van der Waals surface area contributed by atoms with Crippen LogP contribution in [0.3, 0.4) is 0 Å². The van der Waals surface area contributed by atoms with Crippen molar-refractivity contribution in [3.8, 4) is 17.2 Å². The molecule has 6 heteroatoms. The number of nitriles is 1. The lowest BCUT2D eigenvalue weighted by Gasteiger charge is -2.28. The lowest BCUT2D eigenvalue weighted by Crippen LogP contribution is -2.37. The molecule has 2 heterocycles. The van der Waals surface area contributed by atoms with Gasteiger partial charge in [-0.3, -0.25) is 0 Å². The van der Waals surface area contributed by atoms with Crippen molar-refractivity contribution in [2.24, 2.45) is 0 Å². The van der Waals surface area contributed by atoms with Gasteiger partial charge in [0.2, 0.25) is 0 Å². The second-order valence-electron chi connectivity index (χ2n) is 5.01. The molecule has 0 unspecified atom stereocenters. The van der Waals surface area contributed by atoms with E-state index in [4.69, 9.17) is 22.1 Å². The molecule has 3 rings (SSSR count). The molecule has 0 bridgehead atoms. The number of ether oxygens (including phenoxy) is 1. The minimum atomic E-state index is 0.405. The third-order valence-electron chi connectivity index (χ3n) is 3.62. The van der Waals surface area contributed by atoms with Crippen LogP contribution in [-0.4, -0.2) is 31.3 Å². The van der Waals surface area contributed by atoms with Gasteiger partial charge in [0, 0.05) is 23.7 Å². The maximum Gasteiger partial charge on any atom is 0.149 e. The van der Waals surface area contributed by atoms with Gasteiger partial charge in [-0.15, -0.1) is 0 Å². The standard InChI is InChI=1S/C16H15ClN4O/c17-13-3-1-11(2-4-13)14-9-12(10-18)16(20-15(14)19)21-5-7-22-8-6-21/h1-4,9H,5-8H2,(H2,19,20). The predicted molar refractivity (Wildman–Crippen MR) is 86.8 cm³/mol. The predicted octanol–water partition coefficient (Wildman–Crippen LogP) is 2.69. The fraction of sp³-hybridized carbons (Fsp3) is 0.250. The quantitative estimate of drug-likeness (QED) is 0.922. The number of hydrogen-bond donors (Lipinski definition) is 1. The van der Waals surface area contributed by atoms with Crippen molar-refractivity contribution in [1.82, 2.24) is 4.98 Å². The Morgan fingerprint density at radius 3 is 2.55 bits per heavy atom. The van der Waals surface area contributed by atoms with Gasteiger partial charge in [0.05, 0.1) is 18.8 Å². The van der Waals surface area contributed by atoms with Crippen molar-refractivity contribution in [2.45, 2.75) is 0 Å². The number of pyridine rings is 1. The topological polar surface area (TPSA) is 75.2 Å². The van der Waals surface area contributed by atoms with E-state index in [2.05, 4.69) is 11.1 Å². The number of aromatic nitrogens is 1. The zero-order valence-electron chi connectivity index (χ0n) is 11.9. The Kier molecular flexibility index (Phi) is 4.14. The highest BCUT2D eigenvalue weighted by Crippen LogP contribution is 2.31. The number of nitrogen functional groups attached to an aromatic ring is 1. The Morgan fingerprint density at radius 1 is 1.23 bits per heavy atom. The van der Waals surface area contributed by atoms with Crippen LogP contribution in [0, 0.1) is 11.3 Å². The summed E-state index contributed by atoms with van der Waals surface area (Å²) in [6.45, 7) is 2.68. The molecular weight excluding hydrogens is 300 g/mol. The molecule has 0 amide bonds. The summed E-state index contributed by atoms with van der Waals surface area (Å²) in [5.74, 6) is 1.03. The first-order valence-corrected chi connectivity index (χ1v) is 7.36. The highest BCUT2D eigenvalue weighted by atomic mass is 35.5. The molecule has 0 spiro atoms. The molecule has 22 heavy (non-hydrogen) atoms. The SMILES string of the molecule is N#Cc1cc(-c2ccc(Cl)cc2)c(N)nc1N1CCOCC1. The number of nitrogens with two attached hydrogens (primary N) is 1. The molecule has 1 aromatic heterocycles. The zero-order chi connectivity index (χ0) is 15.5. The van der Waals surface area contributed by atoms with Crippen LogP contribution in [0.2, 0.25) is 5.02 Å². The number of hydrogen-bond acceptors (Lipinski definition) is 5. The Bertz CT molecular complexity index is 718. The molecule has 0 radical (unpaired) electrons. The Hall–Kier alpha value is -2.29. The van der Waals surface area contributed by atoms with Gasteiger partial charge in [-0.2, -0.15) is 5.26 Å². The van der Waals surface area contributed by atoms with Gasteiger partial charge in [-0.25, -0.2) is 4.98 Å². The average Bonchev–Trinajstić information content (AvgIpc) is 2.56. The lowest BCUT2D eigenvalue weighted by molar-refractivity contribution is 0.122. The van der Waals surface area contributed by atoms with Gasteiger partial charge in [0.1, 0.15) is 17.7 Å². The largest absolute Gasteiger partial charge is 0.383 e. The van der Waals surface area contributed by atoms with E-state index in [9.17, 15) is 5.26 Å². The van der Waals surface area contributed by atoms with Crippen LogP contribution in [0.25, 0.3) is 11.1 Å². The van der Waals surface area contributed by atoms with Gasteiger partial charge < -0.3 is 15.4 Å². The summed E-state index contributed by atoms with van der Waals surface area (Å²) in [4.78, 5) is 6.49. The molecule has 1 aliphatic heterocycles. The smallest absolute Gasteiger partial charge is 0.149 e. The molecule has 5 nitrogen and oxygen atoms in total. The van der Waals surface area contributed by atoms with E-state index in [0.717, 1.165) is 11.1 Å². The first kappa shape index (κ1) is 14.6. The summed E-state index contributed by atoms with van der Waals surface area (Å²) in [6, 6.07) is 11.3. The van der Waals surface area contributed by atoms with Crippen LogP contribution < -0.4 is 10.6 Å². The first-order chi connectivity index (χ1) is 10.7. The number of benzene rings is 1. The van der Waals surface area contributed by atoms with Crippen LogP contribution in [-0.2, 0) is 4.74 Å². The van der Waals surface area contributed by atoms with Crippen LogP contribution in [0.5, 0.6) is 0 Å². The molecule has 1 aromatic carbocycles. The molecule has 0 aliphatic carbocycles. The zero-order valence-corrected chi connectivity index (χ0v) is 12.7. The Balaban J connectivity index is 2.03. The molecule has 1 saturated heterocycles. The van der Waals surface area contributed by atoms with Crippen molar-refractivity contribution in [3.63, 3.8) is 0 Å². The molecular formula is C16H15ClN4O. The lowest BCUT2D eigenvalue weighted by atomic mass is 10.0. The summed E-state index contributed by atoms with van der Waals surface area (Å²) in [5, 5.41) is 10.1. The minimum Gasteiger partial charge on any atom is -0.383 e. The highest BCUT2D eigenvalue weighted by molar-refractivity contribution is 6.30. The average molecular weight is 315 g/mol. The Labute approximate surface area is 133 Å². The fourth-order valence-electron chi connectivity index (χ4n) is 2.48. The van der Waals surface area contributed by atoms with Crippen molar-refractivity contribution in [2.75, 3.05) is 36.9 Å². The first-order valence-electron chi connectivity index (χ1n) is 6.98. The molecule has 1 aliphatic rings.